The van der Waals surface area contributed by atoms with Crippen LogP contribution in [0.5, 0.6) is 5.75 Å². The molecule has 0 unspecified atom stereocenters. The molecule has 0 saturated carbocycles. The van der Waals surface area contributed by atoms with Gasteiger partial charge in [0.1, 0.15) is 5.75 Å². The van der Waals surface area contributed by atoms with Crippen molar-refractivity contribution in [3.8, 4) is 22.9 Å². The lowest BCUT2D eigenvalue weighted by atomic mass is 9.97. The minimum atomic E-state index is 0.634. The Hall–Kier alpha value is -2.31. The Labute approximate surface area is 113 Å². The summed E-state index contributed by atoms with van der Waals surface area (Å²) in [5.74, 6) is 0.780. The SMILES string of the molecule is CNCc1ccccc1-c1cc(C#N)ccc1OC. The Morgan fingerprint density at radius 1 is 1.16 bits per heavy atom. The van der Waals surface area contributed by atoms with Crippen LogP contribution in [0.1, 0.15) is 11.1 Å². The summed E-state index contributed by atoms with van der Waals surface area (Å²) in [6.07, 6.45) is 0. The maximum absolute atomic E-state index is 9.04. The van der Waals surface area contributed by atoms with E-state index >= 15 is 0 Å². The van der Waals surface area contributed by atoms with Crippen LogP contribution in [0, 0.1) is 11.3 Å². The molecule has 0 fully saturated rings. The van der Waals surface area contributed by atoms with Crippen molar-refractivity contribution in [2.24, 2.45) is 0 Å². The van der Waals surface area contributed by atoms with E-state index in [2.05, 4.69) is 17.5 Å². The molecule has 2 aromatic carbocycles. The van der Waals surface area contributed by atoms with Gasteiger partial charge in [-0.05, 0) is 36.4 Å². The number of benzene rings is 2. The Kier molecular flexibility index (Phi) is 4.17. The van der Waals surface area contributed by atoms with Crippen LogP contribution >= 0.6 is 0 Å². The molecule has 19 heavy (non-hydrogen) atoms. The van der Waals surface area contributed by atoms with E-state index in [1.807, 2.05) is 37.4 Å². The molecular formula is C16H16N2O. The second kappa shape index (κ2) is 6.03. The van der Waals surface area contributed by atoms with Crippen molar-refractivity contribution in [1.29, 1.82) is 5.26 Å². The van der Waals surface area contributed by atoms with E-state index in [4.69, 9.17) is 10.00 Å². The molecule has 96 valence electrons. The molecule has 0 aliphatic rings. The minimum absolute atomic E-state index is 0.634. The van der Waals surface area contributed by atoms with Crippen LogP contribution in [0.4, 0.5) is 0 Å². The number of ether oxygens (including phenoxy) is 1. The van der Waals surface area contributed by atoms with Crippen molar-refractivity contribution in [3.63, 3.8) is 0 Å². The molecule has 0 atom stereocenters. The Balaban J connectivity index is 2.60. The number of rotatable bonds is 4. The van der Waals surface area contributed by atoms with E-state index in [9.17, 15) is 0 Å². The van der Waals surface area contributed by atoms with Gasteiger partial charge in [-0.1, -0.05) is 24.3 Å². The average Bonchev–Trinajstić information content (AvgIpc) is 2.47. The molecule has 0 aromatic heterocycles. The first-order valence-corrected chi connectivity index (χ1v) is 6.11. The van der Waals surface area contributed by atoms with E-state index < -0.39 is 0 Å². The molecular weight excluding hydrogens is 236 g/mol. The largest absolute Gasteiger partial charge is 0.496 e. The highest BCUT2D eigenvalue weighted by atomic mass is 16.5. The minimum Gasteiger partial charge on any atom is -0.496 e. The molecule has 0 aliphatic heterocycles. The number of nitrogens with one attached hydrogen (secondary N) is 1. The van der Waals surface area contributed by atoms with E-state index in [1.165, 1.54) is 5.56 Å². The standard InChI is InChI=1S/C16H16N2O/c1-18-11-13-5-3-4-6-14(13)15-9-12(10-17)7-8-16(15)19-2/h3-9,18H,11H2,1-2H3. The van der Waals surface area contributed by atoms with Gasteiger partial charge in [-0.3, -0.25) is 0 Å². The van der Waals surface area contributed by atoms with Crippen LogP contribution in [0.25, 0.3) is 11.1 Å². The van der Waals surface area contributed by atoms with Gasteiger partial charge in [0.2, 0.25) is 0 Å². The van der Waals surface area contributed by atoms with Crippen molar-refractivity contribution in [2.45, 2.75) is 6.54 Å². The average molecular weight is 252 g/mol. The molecule has 0 spiro atoms. The number of methoxy groups -OCH3 is 1. The summed E-state index contributed by atoms with van der Waals surface area (Å²) in [5.41, 5.74) is 3.85. The molecule has 2 rings (SSSR count). The molecule has 0 heterocycles. The van der Waals surface area contributed by atoms with Gasteiger partial charge in [0.05, 0.1) is 18.7 Å². The van der Waals surface area contributed by atoms with E-state index in [1.54, 1.807) is 13.2 Å². The fraction of sp³-hybridized carbons (Fsp3) is 0.188. The first-order valence-electron chi connectivity index (χ1n) is 6.11. The van der Waals surface area contributed by atoms with Crippen molar-refractivity contribution in [1.82, 2.24) is 5.32 Å². The highest BCUT2D eigenvalue weighted by Gasteiger charge is 2.10. The first-order chi connectivity index (χ1) is 9.30. The third-order valence-corrected chi connectivity index (χ3v) is 3.00. The van der Waals surface area contributed by atoms with Crippen LogP contribution in [-0.2, 0) is 6.54 Å². The number of nitrogens with zero attached hydrogens (tertiary/aromatic N) is 1. The smallest absolute Gasteiger partial charge is 0.126 e. The van der Waals surface area contributed by atoms with Gasteiger partial charge in [-0.15, -0.1) is 0 Å². The van der Waals surface area contributed by atoms with Crippen molar-refractivity contribution in [3.05, 3.63) is 53.6 Å². The molecule has 0 saturated heterocycles. The third-order valence-electron chi connectivity index (χ3n) is 3.00. The van der Waals surface area contributed by atoms with Crippen LogP contribution in [0.15, 0.2) is 42.5 Å². The highest BCUT2D eigenvalue weighted by molar-refractivity contribution is 5.74. The molecule has 2 aromatic rings. The van der Waals surface area contributed by atoms with E-state index in [-0.39, 0.29) is 0 Å². The highest BCUT2D eigenvalue weighted by Crippen LogP contribution is 2.33. The van der Waals surface area contributed by atoms with Crippen molar-refractivity contribution < 1.29 is 4.74 Å². The summed E-state index contributed by atoms with van der Waals surface area (Å²) < 4.78 is 5.40. The van der Waals surface area contributed by atoms with Crippen LogP contribution in [0.2, 0.25) is 0 Å². The van der Waals surface area contributed by atoms with Gasteiger partial charge in [-0.25, -0.2) is 0 Å². The molecule has 0 radical (unpaired) electrons. The zero-order chi connectivity index (χ0) is 13.7. The van der Waals surface area contributed by atoms with E-state index in [0.29, 0.717) is 5.56 Å². The first kappa shape index (κ1) is 13.1. The molecule has 3 heteroatoms. The van der Waals surface area contributed by atoms with Gasteiger partial charge >= 0.3 is 0 Å². The molecule has 1 N–H and O–H groups in total. The molecule has 3 nitrogen and oxygen atoms in total. The maximum Gasteiger partial charge on any atom is 0.126 e. The van der Waals surface area contributed by atoms with Gasteiger partial charge in [0.15, 0.2) is 0 Å². The van der Waals surface area contributed by atoms with Crippen LogP contribution in [-0.4, -0.2) is 14.2 Å². The third kappa shape index (κ3) is 2.75. The van der Waals surface area contributed by atoms with Crippen LogP contribution in [0.3, 0.4) is 0 Å². The number of nitriles is 1. The summed E-state index contributed by atoms with van der Waals surface area (Å²) in [6.45, 7) is 0.774. The fourth-order valence-corrected chi connectivity index (χ4v) is 2.12. The summed E-state index contributed by atoms with van der Waals surface area (Å²) in [7, 11) is 3.56. The number of hydrogen-bond donors (Lipinski definition) is 1. The van der Waals surface area contributed by atoms with Gasteiger partial charge in [-0.2, -0.15) is 5.26 Å². The van der Waals surface area contributed by atoms with E-state index in [0.717, 1.165) is 23.4 Å². The lowest BCUT2D eigenvalue weighted by Crippen LogP contribution is -2.06. The van der Waals surface area contributed by atoms with Crippen LogP contribution < -0.4 is 10.1 Å². The second-order valence-corrected chi connectivity index (χ2v) is 4.21. The molecule has 0 aliphatic carbocycles. The van der Waals surface area contributed by atoms with Gasteiger partial charge in [0, 0.05) is 12.1 Å². The number of hydrogen-bond acceptors (Lipinski definition) is 3. The van der Waals surface area contributed by atoms with Crippen molar-refractivity contribution >= 4 is 0 Å². The monoisotopic (exact) mass is 252 g/mol. The Bertz CT molecular complexity index is 614. The molecule has 0 bridgehead atoms. The Morgan fingerprint density at radius 2 is 1.95 bits per heavy atom. The summed E-state index contributed by atoms with van der Waals surface area (Å²) in [4.78, 5) is 0. The summed E-state index contributed by atoms with van der Waals surface area (Å²) in [6, 6.07) is 15.8. The topological polar surface area (TPSA) is 45.0 Å². The fourth-order valence-electron chi connectivity index (χ4n) is 2.12. The zero-order valence-electron chi connectivity index (χ0n) is 11.1. The predicted molar refractivity (Wildman–Crippen MR) is 75.9 cm³/mol. The zero-order valence-corrected chi connectivity index (χ0v) is 11.1. The van der Waals surface area contributed by atoms with Gasteiger partial charge in [0.25, 0.3) is 0 Å². The predicted octanol–water partition coefficient (Wildman–Crippen LogP) is 2.95. The van der Waals surface area contributed by atoms with Crippen molar-refractivity contribution in [2.75, 3.05) is 14.2 Å². The lowest BCUT2D eigenvalue weighted by Gasteiger charge is -2.13. The summed E-state index contributed by atoms with van der Waals surface area (Å²) >= 11 is 0. The Morgan fingerprint density at radius 3 is 2.63 bits per heavy atom. The second-order valence-electron chi connectivity index (χ2n) is 4.21. The normalized spacial score (nSPS) is 9.95. The quantitative estimate of drug-likeness (QED) is 0.910. The lowest BCUT2D eigenvalue weighted by molar-refractivity contribution is 0.416. The molecule has 0 amide bonds. The van der Waals surface area contributed by atoms with Gasteiger partial charge < -0.3 is 10.1 Å². The maximum atomic E-state index is 9.04. The summed E-state index contributed by atoms with van der Waals surface area (Å²) in [5, 5.41) is 12.2.